The average Bonchev–Trinajstić information content (AvgIpc) is 3.21. The van der Waals surface area contributed by atoms with E-state index in [1.165, 1.54) is 44.2 Å². The number of amides is 1. The van der Waals surface area contributed by atoms with Gasteiger partial charge in [-0.2, -0.15) is 0 Å². The molecule has 34 heavy (non-hydrogen) atoms. The van der Waals surface area contributed by atoms with Gasteiger partial charge >= 0.3 is 11.9 Å². The molecule has 1 N–H and O–H groups in total. The summed E-state index contributed by atoms with van der Waals surface area (Å²) in [5.41, 5.74) is 1.28. The number of methoxy groups -OCH3 is 2. The van der Waals surface area contributed by atoms with E-state index in [0.29, 0.717) is 23.3 Å². The number of hydrogen-bond acceptors (Lipinski definition) is 9. The van der Waals surface area contributed by atoms with Crippen molar-refractivity contribution in [3.63, 3.8) is 0 Å². The molecule has 3 aromatic rings. The Morgan fingerprint density at radius 3 is 2.26 bits per heavy atom. The van der Waals surface area contributed by atoms with Crippen LogP contribution in [0.4, 0.5) is 5.69 Å². The molecule has 0 bridgehead atoms. The molecule has 10 nitrogen and oxygen atoms in total. The van der Waals surface area contributed by atoms with Gasteiger partial charge in [0.15, 0.2) is 11.0 Å². The summed E-state index contributed by atoms with van der Waals surface area (Å²) in [7, 11) is 4.26. The van der Waals surface area contributed by atoms with Crippen molar-refractivity contribution in [2.24, 2.45) is 7.05 Å². The van der Waals surface area contributed by atoms with Crippen LogP contribution in [0.5, 0.6) is 5.75 Å². The number of carbonyl (C=O) groups is 3. The Kier molecular flexibility index (Phi) is 8.25. The van der Waals surface area contributed by atoms with Crippen LogP contribution in [0.2, 0.25) is 0 Å². The zero-order valence-electron chi connectivity index (χ0n) is 19.2. The number of hydrogen-bond donors (Lipinski definition) is 1. The fourth-order valence-corrected chi connectivity index (χ4v) is 3.82. The van der Waals surface area contributed by atoms with E-state index < -0.39 is 11.9 Å². The standard InChI is InChI=1S/C23H24N4O6S/c1-5-33-18-9-7-6-8-17(18)20-25-26-23(27(20)2)34-13-19(28)24-16-11-14(21(29)31-3)10-15(12-16)22(30)32-4/h6-12H,5,13H2,1-4H3,(H,24,28). The number of para-hydroxylation sites is 1. The van der Waals surface area contributed by atoms with E-state index >= 15 is 0 Å². The molecule has 1 aromatic heterocycles. The number of benzene rings is 2. The third kappa shape index (κ3) is 5.73. The fraction of sp³-hybridized carbons (Fsp3) is 0.261. The molecule has 0 saturated carbocycles. The summed E-state index contributed by atoms with van der Waals surface area (Å²) in [4.78, 5) is 36.4. The second-order valence-corrected chi connectivity index (χ2v) is 7.86. The van der Waals surface area contributed by atoms with Gasteiger partial charge in [0, 0.05) is 12.7 Å². The minimum absolute atomic E-state index is 0.0229. The maximum atomic E-state index is 12.6. The van der Waals surface area contributed by atoms with Gasteiger partial charge in [0.2, 0.25) is 5.91 Å². The van der Waals surface area contributed by atoms with Crippen LogP contribution >= 0.6 is 11.8 Å². The van der Waals surface area contributed by atoms with Crippen molar-refractivity contribution >= 4 is 35.3 Å². The molecule has 1 amide bonds. The van der Waals surface area contributed by atoms with Crippen LogP contribution in [0.3, 0.4) is 0 Å². The third-order valence-corrected chi connectivity index (χ3v) is 5.67. The minimum Gasteiger partial charge on any atom is -0.493 e. The van der Waals surface area contributed by atoms with Crippen molar-refractivity contribution in [2.75, 3.05) is 31.9 Å². The summed E-state index contributed by atoms with van der Waals surface area (Å²) >= 11 is 1.19. The van der Waals surface area contributed by atoms with Crippen LogP contribution in [0.25, 0.3) is 11.4 Å². The maximum absolute atomic E-state index is 12.6. The number of aromatic nitrogens is 3. The molecule has 0 spiro atoms. The molecule has 0 radical (unpaired) electrons. The monoisotopic (exact) mass is 484 g/mol. The number of anilines is 1. The average molecular weight is 485 g/mol. The Labute approximate surface area is 200 Å². The molecule has 178 valence electrons. The van der Waals surface area contributed by atoms with Crippen molar-refractivity contribution in [1.29, 1.82) is 0 Å². The van der Waals surface area contributed by atoms with Gasteiger partial charge in [-0.25, -0.2) is 9.59 Å². The SMILES string of the molecule is CCOc1ccccc1-c1nnc(SCC(=O)Nc2cc(C(=O)OC)cc(C(=O)OC)c2)n1C. The van der Waals surface area contributed by atoms with E-state index in [4.69, 9.17) is 14.2 Å². The van der Waals surface area contributed by atoms with Crippen LogP contribution in [0.15, 0.2) is 47.6 Å². The normalized spacial score (nSPS) is 10.5. The summed E-state index contributed by atoms with van der Waals surface area (Å²) in [6.45, 7) is 2.42. The van der Waals surface area contributed by atoms with Crippen molar-refractivity contribution < 1.29 is 28.6 Å². The zero-order chi connectivity index (χ0) is 24.7. The summed E-state index contributed by atoms with van der Waals surface area (Å²) < 4.78 is 16.9. The van der Waals surface area contributed by atoms with E-state index in [9.17, 15) is 14.4 Å². The van der Waals surface area contributed by atoms with Gasteiger partial charge in [-0.1, -0.05) is 23.9 Å². The molecule has 11 heteroatoms. The Morgan fingerprint density at radius 1 is 1.00 bits per heavy atom. The Bertz CT molecular complexity index is 1180. The predicted octanol–water partition coefficient (Wildman–Crippen LogP) is 3.18. The highest BCUT2D eigenvalue weighted by Crippen LogP contribution is 2.30. The highest BCUT2D eigenvalue weighted by molar-refractivity contribution is 7.99. The lowest BCUT2D eigenvalue weighted by atomic mass is 10.1. The molecule has 0 saturated heterocycles. The number of esters is 2. The Hall–Kier alpha value is -3.86. The first-order chi connectivity index (χ1) is 16.4. The van der Waals surface area contributed by atoms with Crippen LogP contribution < -0.4 is 10.1 Å². The number of ether oxygens (including phenoxy) is 3. The molecule has 0 fully saturated rings. The summed E-state index contributed by atoms with van der Waals surface area (Å²) in [5.74, 6) is -0.317. The first kappa shape index (κ1) is 24.8. The lowest BCUT2D eigenvalue weighted by Gasteiger charge is -2.10. The second kappa shape index (κ2) is 11.3. The van der Waals surface area contributed by atoms with Crippen LogP contribution in [0.1, 0.15) is 27.6 Å². The van der Waals surface area contributed by atoms with Crippen LogP contribution in [-0.4, -0.2) is 59.2 Å². The summed E-state index contributed by atoms with van der Waals surface area (Å²) in [5, 5.41) is 11.7. The number of thioether (sulfide) groups is 1. The Morgan fingerprint density at radius 2 is 1.65 bits per heavy atom. The third-order valence-electron chi connectivity index (χ3n) is 4.65. The molecular formula is C23H24N4O6S. The van der Waals surface area contributed by atoms with Gasteiger partial charge in [0.1, 0.15) is 5.75 Å². The van der Waals surface area contributed by atoms with Crippen molar-refractivity contribution in [2.45, 2.75) is 12.1 Å². The largest absolute Gasteiger partial charge is 0.493 e. The van der Waals surface area contributed by atoms with Crippen LogP contribution in [0, 0.1) is 0 Å². The quantitative estimate of drug-likeness (QED) is 0.360. The lowest BCUT2D eigenvalue weighted by Crippen LogP contribution is -2.16. The van der Waals surface area contributed by atoms with Crippen molar-refractivity contribution in [3.05, 3.63) is 53.6 Å². The first-order valence-corrected chi connectivity index (χ1v) is 11.2. The molecule has 0 atom stereocenters. The van der Waals surface area contributed by atoms with Crippen LogP contribution in [-0.2, 0) is 21.3 Å². The lowest BCUT2D eigenvalue weighted by molar-refractivity contribution is -0.113. The maximum Gasteiger partial charge on any atom is 0.337 e. The molecule has 0 aliphatic carbocycles. The number of nitrogens with zero attached hydrogens (tertiary/aromatic N) is 3. The first-order valence-electron chi connectivity index (χ1n) is 10.2. The van der Waals surface area contributed by atoms with Crippen molar-refractivity contribution in [1.82, 2.24) is 14.8 Å². The van der Waals surface area contributed by atoms with Gasteiger partial charge in [-0.05, 0) is 37.3 Å². The van der Waals surface area contributed by atoms with Gasteiger partial charge in [0.05, 0.1) is 43.3 Å². The predicted molar refractivity (Wildman–Crippen MR) is 126 cm³/mol. The van der Waals surface area contributed by atoms with Gasteiger partial charge in [-0.3, -0.25) is 4.79 Å². The fourth-order valence-electron chi connectivity index (χ4n) is 3.11. The second-order valence-electron chi connectivity index (χ2n) is 6.91. The molecule has 0 aliphatic heterocycles. The van der Waals surface area contributed by atoms with Crippen molar-refractivity contribution in [3.8, 4) is 17.1 Å². The topological polar surface area (TPSA) is 122 Å². The molecule has 1 heterocycles. The summed E-state index contributed by atoms with van der Waals surface area (Å²) in [6, 6.07) is 11.7. The van der Waals surface area contributed by atoms with E-state index in [2.05, 4.69) is 15.5 Å². The highest BCUT2D eigenvalue weighted by atomic mass is 32.2. The van der Waals surface area contributed by atoms with Gasteiger partial charge in [-0.15, -0.1) is 10.2 Å². The zero-order valence-corrected chi connectivity index (χ0v) is 20.0. The minimum atomic E-state index is -0.644. The van der Waals surface area contributed by atoms with E-state index in [1.54, 1.807) is 11.6 Å². The van der Waals surface area contributed by atoms with E-state index in [-0.39, 0.29) is 28.5 Å². The number of carbonyl (C=O) groups excluding carboxylic acids is 3. The number of rotatable bonds is 9. The summed E-state index contributed by atoms with van der Waals surface area (Å²) in [6.07, 6.45) is 0. The molecule has 2 aromatic carbocycles. The molecular weight excluding hydrogens is 460 g/mol. The van der Waals surface area contributed by atoms with Gasteiger partial charge < -0.3 is 24.1 Å². The van der Waals surface area contributed by atoms with E-state index in [1.807, 2.05) is 31.2 Å². The highest BCUT2D eigenvalue weighted by Gasteiger charge is 2.18. The smallest absolute Gasteiger partial charge is 0.337 e. The van der Waals surface area contributed by atoms with Gasteiger partial charge in [0.25, 0.3) is 0 Å². The Balaban J connectivity index is 1.73. The van der Waals surface area contributed by atoms with E-state index in [0.717, 1.165) is 5.56 Å². The number of nitrogens with one attached hydrogen (secondary N) is 1. The molecule has 0 aliphatic rings. The molecule has 3 rings (SSSR count). The molecule has 0 unspecified atom stereocenters.